The highest BCUT2D eigenvalue weighted by molar-refractivity contribution is 7.85. The lowest BCUT2D eigenvalue weighted by molar-refractivity contribution is 0.0988. The lowest BCUT2D eigenvalue weighted by Crippen LogP contribution is -2.09. The first-order valence-corrected chi connectivity index (χ1v) is 6.05. The highest BCUT2D eigenvalue weighted by Crippen LogP contribution is 2.09. The molecule has 1 aromatic heterocycles. The average molecular weight is 220 g/mol. The minimum Gasteiger partial charge on any atom is -0.294 e. The molecule has 1 heterocycles. The third-order valence-electron chi connectivity index (χ3n) is 1.43. The smallest absolute Gasteiger partial charge is 0.265 e. The highest BCUT2D eigenvalue weighted by atomic mass is 32.2. The molecule has 0 aliphatic heterocycles. The Morgan fingerprint density at radius 2 is 2.23 bits per heavy atom. The first-order chi connectivity index (χ1) is 5.99. The van der Waals surface area contributed by atoms with Gasteiger partial charge in [-0.2, -0.15) is 19.8 Å². The standard InChI is InChI=1S/C7H8O4S2/c8-7(2-4-13(9,10)11)6-1-3-12-5-6/h1,3,5H,2,4H2,(H,9,10,11). The van der Waals surface area contributed by atoms with Crippen molar-refractivity contribution in [3.63, 3.8) is 0 Å². The zero-order valence-electron chi connectivity index (χ0n) is 6.63. The van der Waals surface area contributed by atoms with Crippen molar-refractivity contribution in [3.8, 4) is 0 Å². The van der Waals surface area contributed by atoms with Crippen LogP contribution in [0.25, 0.3) is 0 Å². The zero-order chi connectivity index (χ0) is 9.90. The van der Waals surface area contributed by atoms with Crippen LogP contribution in [-0.4, -0.2) is 24.5 Å². The van der Waals surface area contributed by atoms with Crippen LogP contribution in [0.4, 0.5) is 0 Å². The number of ketones is 1. The predicted molar refractivity (Wildman–Crippen MR) is 49.7 cm³/mol. The molecule has 72 valence electrons. The molecule has 6 heteroatoms. The zero-order valence-corrected chi connectivity index (χ0v) is 8.27. The Labute approximate surface area is 80.0 Å². The van der Waals surface area contributed by atoms with Gasteiger partial charge >= 0.3 is 0 Å². The van der Waals surface area contributed by atoms with Gasteiger partial charge in [-0.15, -0.1) is 0 Å². The molecule has 0 aromatic carbocycles. The number of thiophene rings is 1. The fraction of sp³-hybridized carbons (Fsp3) is 0.286. The number of hydrogen-bond acceptors (Lipinski definition) is 4. The minimum absolute atomic E-state index is 0.171. The van der Waals surface area contributed by atoms with E-state index in [-0.39, 0.29) is 12.2 Å². The van der Waals surface area contributed by atoms with E-state index >= 15 is 0 Å². The molecule has 1 rings (SSSR count). The highest BCUT2D eigenvalue weighted by Gasteiger charge is 2.11. The maximum atomic E-state index is 11.2. The molecule has 1 aromatic rings. The normalized spacial score (nSPS) is 11.5. The second-order valence-corrected chi connectivity index (χ2v) is 4.82. The van der Waals surface area contributed by atoms with Gasteiger partial charge in [0.2, 0.25) is 0 Å². The second-order valence-electron chi connectivity index (χ2n) is 2.47. The summed E-state index contributed by atoms with van der Waals surface area (Å²) in [6, 6.07) is 1.62. The number of rotatable bonds is 4. The summed E-state index contributed by atoms with van der Waals surface area (Å²) in [5.41, 5.74) is 0.494. The van der Waals surface area contributed by atoms with Gasteiger partial charge in [0.05, 0.1) is 5.75 Å². The summed E-state index contributed by atoms with van der Waals surface area (Å²) in [7, 11) is -4.03. The van der Waals surface area contributed by atoms with Crippen LogP contribution in [0.2, 0.25) is 0 Å². The van der Waals surface area contributed by atoms with Crippen LogP contribution in [0.15, 0.2) is 16.8 Å². The third kappa shape index (κ3) is 3.67. The average Bonchev–Trinajstić information content (AvgIpc) is 2.50. The van der Waals surface area contributed by atoms with Crippen LogP contribution in [-0.2, 0) is 10.1 Å². The minimum atomic E-state index is -4.03. The molecule has 0 spiro atoms. The lowest BCUT2D eigenvalue weighted by Gasteiger charge is -1.95. The van der Waals surface area contributed by atoms with Crippen molar-refractivity contribution in [3.05, 3.63) is 22.4 Å². The van der Waals surface area contributed by atoms with Crippen molar-refractivity contribution in [2.24, 2.45) is 0 Å². The summed E-state index contributed by atoms with van der Waals surface area (Å²) >= 11 is 1.37. The molecule has 13 heavy (non-hydrogen) atoms. The van der Waals surface area contributed by atoms with Gasteiger partial charge in [0.1, 0.15) is 0 Å². The van der Waals surface area contributed by atoms with E-state index in [1.54, 1.807) is 16.8 Å². The van der Waals surface area contributed by atoms with E-state index in [2.05, 4.69) is 0 Å². The van der Waals surface area contributed by atoms with Crippen molar-refractivity contribution in [2.75, 3.05) is 5.75 Å². The summed E-state index contributed by atoms with van der Waals surface area (Å²) in [5, 5.41) is 3.38. The van der Waals surface area contributed by atoms with Crippen LogP contribution in [0.3, 0.4) is 0 Å². The Balaban J connectivity index is 2.53. The molecule has 0 aliphatic carbocycles. The van der Waals surface area contributed by atoms with Gasteiger partial charge in [-0.05, 0) is 11.4 Å². The lowest BCUT2D eigenvalue weighted by atomic mass is 10.2. The van der Waals surface area contributed by atoms with E-state index in [0.717, 1.165) is 0 Å². The Bertz CT molecular complexity index is 377. The number of carbonyl (C=O) groups is 1. The summed E-state index contributed by atoms with van der Waals surface area (Å²) in [4.78, 5) is 11.2. The topological polar surface area (TPSA) is 71.4 Å². The SMILES string of the molecule is O=C(CCS(=O)(=O)O)c1ccsc1. The number of carbonyl (C=O) groups excluding carboxylic acids is 1. The number of Topliss-reactive ketones (excluding diaryl/α,β-unsaturated/α-hetero) is 1. The first kappa shape index (κ1) is 10.4. The van der Waals surface area contributed by atoms with Crippen molar-refractivity contribution < 1.29 is 17.8 Å². The van der Waals surface area contributed by atoms with E-state index in [0.29, 0.717) is 5.56 Å². The van der Waals surface area contributed by atoms with Crippen LogP contribution >= 0.6 is 11.3 Å². The molecule has 0 saturated heterocycles. The summed E-state index contributed by atoms with van der Waals surface area (Å²) in [5.74, 6) is -0.777. The third-order valence-corrected chi connectivity index (χ3v) is 2.83. The molecular formula is C7H8O4S2. The largest absolute Gasteiger partial charge is 0.294 e. The second kappa shape index (κ2) is 3.99. The van der Waals surface area contributed by atoms with E-state index in [1.807, 2.05) is 0 Å². The molecule has 0 amide bonds. The Hall–Kier alpha value is -0.720. The van der Waals surface area contributed by atoms with E-state index in [9.17, 15) is 13.2 Å². The van der Waals surface area contributed by atoms with Gasteiger partial charge in [-0.25, -0.2) is 0 Å². The fourth-order valence-corrected chi connectivity index (χ4v) is 1.89. The maximum absolute atomic E-state index is 11.2. The summed E-state index contributed by atoms with van der Waals surface area (Å²) in [6.07, 6.45) is -0.171. The molecule has 0 bridgehead atoms. The summed E-state index contributed by atoms with van der Waals surface area (Å²) in [6.45, 7) is 0. The quantitative estimate of drug-likeness (QED) is 0.611. The van der Waals surface area contributed by atoms with Crippen LogP contribution in [0, 0.1) is 0 Å². The van der Waals surface area contributed by atoms with Crippen molar-refractivity contribution >= 4 is 27.2 Å². The summed E-state index contributed by atoms with van der Waals surface area (Å²) < 4.78 is 29.0. The Morgan fingerprint density at radius 3 is 2.69 bits per heavy atom. The molecule has 1 N–H and O–H groups in total. The fourth-order valence-electron chi connectivity index (χ4n) is 0.789. The van der Waals surface area contributed by atoms with Gasteiger partial charge in [0, 0.05) is 17.4 Å². The monoisotopic (exact) mass is 220 g/mol. The van der Waals surface area contributed by atoms with Gasteiger partial charge in [-0.1, -0.05) is 0 Å². The number of hydrogen-bond donors (Lipinski definition) is 1. The predicted octanol–water partition coefficient (Wildman–Crippen LogP) is 1.21. The van der Waals surface area contributed by atoms with Crippen LogP contribution in [0.5, 0.6) is 0 Å². The van der Waals surface area contributed by atoms with Crippen molar-refractivity contribution in [2.45, 2.75) is 6.42 Å². The Morgan fingerprint density at radius 1 is 1.54 bits per heavy atom. The molecule has 0 atom stereocenters. The molecule has 0 fully saturated rings. The maximum Gasteiger partial charge on any atom is 0.265 e. The van der Waals surface area contributed by atoms with Crippen LogP contribution < -0.4 is 0 Å². The van der Waals surface area contributed by atoms with Gasteiger partial charge in [0.25, 0.3) is 10.1 Å². The van der Waals surface area contributed by atoms with Crippen molar-refractivity contribution in [1.82, 2.24) is 0 Å². The first-order valence-electron chi connectivity index (χ1n) is 3.49. The van der Waals surface area contributed by atoms with Crippen LogP contribution in [0.1, 0.15) is 16.8 Å². The van der Waals surface area contributed by atoms with E-state index in [4.69, 9.17) is 4.55 Å². The molecule has 0 aliphatic rings. The van der Waals surface area contributed by atoms with Gasteiger partial charge < -0.3 is 0 Å². The molecule has 0 unspecified atom stereocenters. The van der Waals surface area contributed by atoms with Gasteiger partial charge in [-0.3, -0.25) is 9.35 Å². The van der Waals surface area contributed by atoms with Crippen molar-refractivity contribution in [1.29, 1.82) is 0 Å². The van der Waals surface area contributed by atoms with E-state index < -0.39 is 15.9 Å². The molecule has 0 saturated carbocycles. The Kier molecular flexibility index (Phi) is 3.18. The molecule has 4 nitrogen and oxygen atoms in total. The van der Waals surface area contributed by atoms with Gasteiger partial charge in [0.15, 0.2) is 5.78 Å². The van der Waals surface area contributed by atoms with E-state index in [1.165, 1.54) is 11.3 Å². The molecule has 0 radical (unpaired) electrons. The molecular weight excluding hydrogens is 212 g/mol.